The van der Waals surface area contributed by atoms with Gasteiger partial charge in [-0.2, -0.15) is 0 Å². The highest BCUT2D eigenvalue weighted by molar-refractivity contribution is 6.08. The Bertz CT molecular complexity index is 2830. The molecule has 3 heteroatoms. The molecule has 0 amide bonds. The van der Waals surface area contributed by atoms with Gasteiger partial charge in [0.25, 0.3) is 0 Å². The third-order valence-corrected chi connectivity index (χ3v) is 10.7. The maximum absolute atomic E-state index is 5.26. The van der Waals surface area contributed by atoms with Crippen LogP contribution in [0.25, 0.3) is 88.5 Å². The third-order valence-electron chi connectivity index (χ3n) is 10.7. The molecule has 1 aliphatic carbocycles. The Morgan fingerprint density at radius 3 is 1.98 bits per heavy atom. The van der Waals surface area contributed by atoms with E-state index in [2.05, 4.69) is 158 Å². The largest absolute Gasteiger partial charge is 0.264 e. The first kappa shape index (κ1) is 29.5. The number of aromatic nitrogens is 3. The first-order valence-electron chi connectivity index (χ1n) is 17.5. The average Bonchev–Trinajstić information content (AvgIpc) is 3.44. The minimum absolute atomic E-state index is 0.164. The minimum Gasteiger partial charge on any atom is -0.264 e. The zero-order valence-corrected chi connectivity index (χ0v) is 28.4. The monoisotopic (exact) mass is 651 g/mol. The van der Waals surface area contributed by atoms with Crippen LogP contribution in [-0.4, -0.2) is 15.0 Å². The van der Waals surface area contributed by atoms with Crippen LogP contribution >= 0.6 is 0 Å². The molecule has 0 N–H and O–H groups in total. The summed E-state index contributed by atoms with van der Waals surface area (Å²) in [5.74, 6) is 0.706. The average molecular weight is 652 g/mol. The summed E-state index contributed by atoms with van der Waals surface area (Å²) in [5.41, 5.74) is 12.6. The van der Waals surface area contributed by atoms with Gasteiger partial charge in [0, 0.05) is 39.9 Å². The topological polar surface area (TPSA) is 38.7 Å². The summed E-state index contributed by atoms with van der Waals surface area (Å²) >= 11 is 0. The van der Waals surface area contributed by atoms with Crippen LogP contribution in [0.1, 0.15) is 25.0 Å². The Labute approximate surface area is 297 Å². The molecule has 0 saturated heterocycles. The lowest BCUT2D eigenvalue weighted by Crippen LogP contribution is -2.16. The number of nitrogens with zero attached hydrogens (tertiary/aromatic N) is 3. The molecule has 51 heavy (non-hydrogen) atoms. The third kappa shape index (κ3) is 4.62. The zero-order chi connectivity index (χ0) is 34.1. The van der Waals surface area contributed by atoms with Crippen LogP contribution in [0.4, 0.5) is 0 Å². The summed E-state index contributed by atoms with van der Waals surface area (Å²) in [5, 5.41) is 7.14. The van der Waals surface area contributed by atoms with Crippen molar-refractivity contribution in [2.75, 3.05) is 0 Å². The first-order valence-corrected chi connectivity index (χ1v) is 17.5. The molecule has 7 aromatic carbocycles. The summed E-state index contributed by atoms with van der Waals surface area (Å²) < 4.78 is 0. The molecule has 0 radical (unpaired) electrons. The van der Waals surface area contributed by atoms with Gasteiger partial charge in [-0.15, -0.1) is 0 Å². The van der Waals surface area contributed by atoms with Crippen molar-refractivity contribution in [2.24, 2.45) is 0 Å². The van der Waals surface area contributed by atoms with E-state index in [9.17, 15) is 0 Å². The maximum Gasteiger partial charge on any atom is 0.161 e. The Morgan fingerprint density at radius 1 is 0.451 bits per heavy atom. The van der Waals surface area contributed by atoms with Crippen molar-refractivity contribution in [3.63, 3.8) is 0 Å². The lowest BCUT2D eigenvalue weighted by atomic mass is 9.78. The molecular weight excluding hydrogens is 619 g/mol. The molecule has 0 spiro atoms. The van der Waals surface area contributed by atoms with E-state index < -0.39 is 0 Å². The summed E-state index contributed by atoms with van der Waals surface area (Å²) in [4.78, 5) is 14.9. The highest BCUT2D eigenvalue weighted by Gasteiger charge is 2.38. The standard InChI is InChI=1S/C48H33N3/c1-48(2)42-24-21-31-11-6-7-14-35(31)45(42)41-18-10-17-39(46(41)48)38-22-23-40(37-16-9-8-15-36(37)38)47-50-43(32-12-4-3-5-13-32)28-44(51-47)33-20-19-30-25-26-49-29-34(30)27-33/h3-29H,1-2H3. The van der Waals surface area contributed by atoms with E-state index in [1.807, 2.05) is 24.5 Å². The quantitative estimate of drug-likeness (QED) is 0.190. The van der Waals surface area contributed by atoms with E-state index in [-0.39, 0.29) is 5.41 Å². The van der Waals surface area contributed by atoms with Gasteiger partial charge < -0.3 is 0 Å². The van der Waals surface area contributed by atoms with Gasteiger partial charge >= 0.3 is 0 Å². The molecule has 2 heterocycles. The van der Waals surface area contributed by atoms with Crippen LogP contribution in [0.2, 0.25) is 0 Å². The maximum atomic E-state index is 5.26. The van der Waals surface area contributed by atoms with Gasteiger partial charge in [0.2, 0.25) is 0 Å². The van der Waals surface area contributed by atoms with Crippen molar-refractivity contribution in [3.05, 3.63) is 175 Å². The van der Waals surface area contributed by atoms with Crippen molar-refractivity contribution in [2.45, 2.75) is 19.3 Å². The SMILES string of the molecule is CC1(C)c2ccc3ccccc3c2-c2cccc(-c3ccc(-c4nc(-c5ccccc5)cc(-c5ccc6ccncc6c5)n4)c4ccccc34)c21. The fourth-order valence-corrected chi connectivity index (χ4v) is 8.32. The molecular formula is C48H33N3. The summed E-state index contributed by atoms with van der Waals surface area (Å²) in [7, 11) is 0. The van der Waals surface area contributed by atoms with Crippen LogP contribution in [-0.2, 0) is 5.41 Å². The molecule has 0 unspecified atom stereocenters. The van der Waals surface area contributed by atoms with E-state index in [4.69, 9.17) is 9.97 Å². The van der Waals surface area contributed by atoms with Gasteiger partial charge in [-0.3, -0.25) is 4.98 Å². The van der Waals surface area contributed by atoms with Crippen molar-refractivity contribution in [3.8, 4) is 56.2 Å². The van der Waals surface area contributed by atoms with Gasteiger partial charge in [-0.25, -0.2) is 9.97 Å². The molecule has 0 atom stereocenters. The van der Waals surface area contributed by atoms with Gasteiger partial charge in [0.05, 0.1) is 11.4 Å². The normalized spacial score (nSPS) is 13.1. The second-order valence-corrected chi connectivity index (χ2v) is 14.0. The lowest BCUT2D eigenvalue weighted by Gasteiger charge is -2.25. The fourth-order valence-electron chi connectivity index (χ4n) is 8.32. The van der Waals surface area contributed by atoms with Crippen molar-refractivity contribution >= 4 is 32.3 Å². The van der Waals surface area contributed by atoms with E-state index in [0.29, 0.717) is 5.82 Å². The predicted molar refractivity (Wildman–Crippen MR) is 212 cm³/mol. The second-order valence-electron chi connectivity index (χ2n) is 14.0. The van der Waals surface area contributed by atoms with Crippen LogP contribution in [0.15, 0.2) is 164 Å². The van der Waals surface area contributed by atoms with Crippen LogP contribution in [0.5, 0.6) is 0 Å². The van der Waals surface area contributed by atoms with Gasteiger partial charge in [-0.1, -0.05) is 141 Å². The Hall–Kier alpha value is -6.45. The van der Waals surface area contributed by atoms with E-state index >= 15 is 0 Å². The molecule has 10 rings (SSSR count). The fraction of sp³-hybridized carbons (Fsp3) is 0.0625. The van der Waals surface area contributed by atoms with Crippen molar-refractivity contribution < 1.29 is 0 Å². The molecule has 0 bridgehead atoms. The Kier molecular flexibility index (Phi) is 6.53. The predicted octanol–water partition coefficient (Wildman–Crippen LogP) is 12.3. The number of benzene rings is 7. The number of hydrogen-bond acceptors (Lipinski definition) is 3. The number of fused-ring (bicyclic) bond motifs is 7. The van der Waals surface area contributed by atoms with Crippen molar-refractivity contribution in [1.82, 2.24) is 15.0 Å². The Balaban J connectivity index is 1.18. The van der Waals surface area contributed by atoms with Gasteiger partial charge in [0.1, 0.15) is 0 Å². The molecule has 0 saturated carbocycles. The van der Waals surface area contributed by atoms with Crippen molar-refractivity contribution in [1.29, 1.82) is 0 Å². The Morgan fingerprint density at radius 2 is 1.14 bits per heavy atom. The molecule has 0 aliphatic heterocycles. The minimum atomic E-state index is -0.164. The van der Waals surface area contributed by atoms with E-state index in [0.717, 1.165) is 44.2 Å². The molecule has 2 aromatic heterocycles. The van der Waals surface area contributed by atoms with E-state index in [1.165, 1.54) is 49.5 Å². The second kappa shape index (κ2) is 11.3. The number of hydrogen-bond donors (Lipinski definition) is 0. The molecule has 9 aromatic rings. The summed E-state index contributed by atoms with van der Waals surface area (Å²) in [6.07, 6.45) is 3.74. The highest BCUT2D eigenvalue weighted by Crippen LogP contribution is 2.55. The molecule has 1 aliphatic rings. The van der Waals surface area contributed by atoms with E-state index in [1.54, 1.807) is 0 Å². The number of rotatable bonds is 4. The van der Waals surface area contributed by atoms with Gasteiger partial charge in [-0.05, 0) is 84.6 Å². The summed E-state index contributed by atoms with van der Waals surface area (Å²) in [6, 6.07) is 54.4. The molecule has 0 fully saturated rings. The zero-order valence-electron chi connectivity index (χ0n) is 28.4. The first-order chi connectivity index (χ1) is 25.0. The van der Waals surface area contributed by atoms with Gasteiger partial charge in [0.15, 0.2) is 5.82 Å². The lowest BCUT2D eigenvalue weighted by molar-refractivity contribution is 0.662. The van der Waals surface area contributed by atoms with Crippen LogP contribution in [0.3, 0.4) is 0 Å². The smallest absolute Gasteiger partial charge is 0.161 e. The highest BCUT2D eigenvalue weighted by atomic mass is 14.9. The number of pyridine rings is 1. The summed E-state index contributed by atoms with van der Waals surface area (Å²) in [6.45, 7) is 4.75. The van der Waals surface area contributed by atoms with Crippen LogP contribution in [0, 0.1) is 0 Å². The van der Waals surface area contributed by atoms with Crippen LogP contribution < -0.4 is 0 Å². The molecule has 3 nitrogen and oxygen atoms in total. The molecule has 240 valence electrons.